The number of methoxy groups -OCH3 is 1. The lowest BCUT2D eigenvalue weighted by molar-refractivity contribution is 0.0617. The monoisotopic (exact) mass is 193 g/mol. The highest BCUT2D eigenvalue weighted by Gasteiger charge is 2.02. The van der Waals surface area contributed by atoms with Gasteiger partial charge < -0.3 is 9.47 Å². The minimum Gasteiger partial charge on any atom is -0.382 e. The summed E-state index contributed by atoms with van der Waals surface area (Å²) in [4.78, 5) is 3.06. The van der Waals surface area contributed by atoms with E-state index < -0.39 is 0 Å². The number of diazo groups is 1. The third kappa shape index (κ3) is 3.52. The fourth-order valence-corrected chi connectivity index (χ4v) is 0.991. The molecule has 0 heterocycles. The summed E-state index contributed by atoms with van der Waals surface area (Å²) in [6.07, 6.45) is 0. The van der Waals surface area contributed by atoms with E-state index in [-0.39, 0.29) is 0 Å². The highest BCUT2D eigenvalue weighted by atomic mass is 16.5. The van der Waals surface area contributed by atoms with Gasteiger partial charge in [-0.3, -0.25) is 0 Å². The Morgan fingerprint density at radius 1 is 1.21 bits per heavy atom. The Morgan fingerprint density at radius 3 is 2.50 bits per heavy atom. The van der Waals surface area contributed by atoms with Gasteiger partial charge in [0.1, 0.15) is 0 Å². The van der Waals surface area contributed by atoms with Crippen molar-refractivity contribution in [1.82, 2.24) is 0 Å². The standard InChI is InChI=1S/C10H13N2O2/c1-13-6-7-14-8-9-2-4-10(12-11)5-3-9/h2-5H,6-8H2,1H3/q+1. The summed E-state index contributed by atoms with van der Waals surface area (Å²) in [6.45, 7) is 1.74. The van der Waals surface area contributed by atoms with Gasteiger partial charge in [0, 0.05) is 19.2 Å². The third-order valence-electron chi connectivity index (χ3n) is 1.75. The molecule has 0 saturated heterocycles. The zero-order chi connectivity index (χ0) is 10.2. The minimum absolute atomic E-state index is 0.547. The van der Waals surface area contributed by atoms with Crippen molar-refractivity contribution in [3.63, 3.8) is 0 Å². The topological polar surface area (TPSA) is 46.6 Å². The smallest absolute Gasteiger partial charge is 0.382 e. The van der Waals surface area contributed by atoms with Crippen molar-refractivity contribution in [1.29, 1.82) is 5.39 Å². The number of nitrogens with zero attached hydrogens (tertiary/aromatic N) is 2. The molecule has 1 aromatic carbocycles. The summed E-state index contributed by atoms with van der Waals surface area (Å²) in [5.41, 5.74) is 1.60. The number of benzene rings is 1. The van der Waals surface area contributed by atoms with Gasteiger partial charge >= 0.3 is 5.69 Å². The summed E-state index contributed by atoms with van der Waals surface area (Å²) >= 11 is 0. The van der Waals surface area contributed by atoms with Gasteiger partial charge in [0.15, 0.2) is 4.98 Å². The summed E-state index contributed by atoms with van der Waals surface area (Å²) in [5, 5.41) is 8.45. The molecule has 4 nitrogen and oxygen atoms in total. The van der Waals surface area contributed by atoms with E-state index >= 15 is 0 Å². The molecule has 0 aliphatic carbocycles. The van der Waals surface area contributed by atoms with Crippen molar-refractivity contribution >= 4 is 5.69 Å². The van der Waals surface area contributed by atoms with Crippen molar-refractivity contribution in [2.45, 2.75) is 6.61 Å². The van der Waals surface area contributed by atoms with E-state index in [1.807, 2.05) is 12.1 Å². The van der Waals surface area contributed by atoms with Crippen LogP contribution in [0.1, 0.15) is 5.56 Å². The number of rotatable bonds is 5. The average Bonchev–Trinajstić information content (AvgIpc) is 2.25. The summed E-state index contributed by atoms with van der Waals surface area (Å²) in [7, 11) is 1.64. The van der Waals surface area contributed by atoms with E-state index in [2.05, 4.69) is 4.98 Å². The number of hydrogen-bond donors (Lipinski definition) is 0. The number of ether oxygens (including phenoxy) is 2. The summed E-state index contributed by atoms with van der Waals surface area (Å²) in [5.74, 6) is 0. The molecule has 0 atom stereocenters. The molecule has 74 valence electrons. The third-order valence-corrected chi connectivity index (χ3v) is 1.75. The van der Waals surface area contributed by atoms with Crippen LogP contribution < -0.4 is 0 Å². The molecule has 0 amide bonds. The highest BCUT2D eigenvalue weighted by molar-refractivity contribution is 5.44. The molecular weight excluding hydrogens is 180 g/mol. The van der Waals surface area contributed by atoms with Crippen LogP contribution in [0.4, 0.5) is 5.69 Å². The molecule has 0 bridgehead atoms. The van der Waals surface area contributed by atoms with Gasteiger partial charge in [0.05, 0.1) is 19.8 Å². The Kier molecular flexibility index (Phi) is 4.62. The lowest BCUT2D eigenvalue weighted by Gasteiger charge is -2.02. The van der Waals surface area contributed by atoms with Crippen LogP contribution >= 0.6 is 0 Å². The van der Waals surface area contributed by atoms with E-state index in [1.165, 1.54) is 0 Å². The van der Waals surface area contributed by atoms with E-state index in [1.54, 1.807) is 19.2 Å². The SMILES string of the molecule is COCCOCc1ccc([N+]#N)cc1. The average molecular weight is 193 g/mol. The molecule has 4 heteroatoms. The molecule has 0 N–H and O–H groups in total. The molecule has 0 spiro atoms. The van der Waals surface area contributed by atoms with Gasteiger partial charge in [-0.2, -0.15) is 0 Å². The molecular formula is C10H13N2O2+. The molecule has 0 aliphatic rings. The van der Waals surface area contributed by atoms with E-state index in [9.17, 15) is 0 Å². The first-order valence-corrected chi connectivity index (χ1v) is 4.37. The van der Waals surface area contributed by atoms with Gasteiger partial charge in [-0.1, -0.05) is 0 Å². The van der Waals surface area contributed by atoms with Crippen LogP contribution in [0.15, 0.2) is 24.3 Å². The molecule has 0 aliphatic heterocycles. The maximum absolute atomic E-state index is 8.45. The second-order valence-corrected chi connectivity index (χ2v) is 2.81. The zero-order valence-electron chi connectivity index (χ0n) is 8.14. The van der Waals surface area contributed by atoms with Crippen LogP contribution in [0.25, 0.3) is 4.98 Å². The molecule has 0 radical (unpaired) electrons. The van der Waals surface area contributed by atoms with Gasteiger partial charge in [-0.15, -0.1) is 0 Å². The first-order valence-electron chi connectivity index (χ1n) is 4.37. The van der Waals surface area contributed by atoms with Crippen LogP contribution in [0.3, 0.4) is 0 Å². The van der Waals surface area contributed by atoms with Crippen LogP contribution in [0, 0.1) is 5.39 Å². The maximum Gasteiger partial charge on any atom is 0.385 e. The quantitative estimate of drug-likeness (QED) is 0.532. The van der Waals surface area contributed by atoms with Gasteiger partial charge in [0.25, 0.3) is 0 Å². The Hall–Kier alpha value is -1.44. The summed E-state index contributed by atoms with van der Waals surface area (Å²) in [6, 6.07) is 7.19. The second kappa shape index (κ2) is 6.08. The molecule has 14 heavy (non-hydrogen) atoms. The fraction of sp³-hybridized carbons (Fsp3) is 0.400. The molecule has 0 aromatic heterocycles. The summed E-state index contributed by atoms with van der Waals surface area (Å²) < 4.78 is 10.2. The van der Waals surface area contributed by atoms with Crippen molar-refractivity contribution in [2.24, 2.45) is 0 Å². The predicted molar refractivity (Wildman–Crippen MR) is 52.7 cm³/mol. The van der Waals surface area contributed by atoms with Gasteiger partial charge in [-0.05, 0) is 17.7 Å². The van der Waals surface area contributed by atoms with Crippen molar-refractivity contribution in [3.05, 3.63) is 34.8 Å². The molecule has 0 saturated carbocycles. The largest absolute Gasteiger partial charge is 0.385 e. The predicted octanol–water partition coefficient (Wildman–Crippen LogP) is 2.33. The fourth-order valence-electron chi connectivity index (χ4n) is 0.991. The first-order chi connectivity index (χ1) is 6.86. The zero-order valence-corrected chi connectivity index (χ0v) is 8.14. The van der Waals surface area contributed by atoms with Crippen molar-refractivity contribution < 1.29 is 9.47 Å². The minimum atomic E-state index is 0.547. The van der Waals surface area contributed by atoms with Gasteiger partial charge in [0.2, 0.25) is 5.39 Å². The Labute approximate surface area is 83.1 Å². The Bertz CT molecular complexity index is 303. The first kappa shape index (κ1) is 10.6. The van der Waals surface area contributed by atoms with Crippen LogP contribution in [0.5, 0.6) is 0 Å². The normalized spacial score (nSPS) is 9.71. The highest BCUT2D eigenvalue weighted by Crippen LogP contribution is 2.12. The maximum atomic E-state index is 8.45. The molecule has 1 aromatic rings. The molecule has 0 fully saturated rings. The lowest BCUT2D eigenvalue weighted by Crippen LogP contribution is -2.01. The lowest BCUT2D eigenvalue weighted by atomic mass is 10.2. The molecule has 0 unspecified atom stereocenters. The van der Waals surface area contributed by atoms with Crippen LogP contribution in [0.2, 0.25) is 0 Å². The van der Waals surface area contributed by atoms with Crippen molar-refractivity contribution in [3.8, 4) is 0 Å². The Balaban J connectivity index is 2.33. The van der Waals surface area contributed by atoms with Crippen LogP contribution in [-0.2, 0) is 16.1 Å². The van der Waals surface area contributed by atoms with Gasteiger partial charge in [-0.25, -0.2) is 0 Å². The number of hydrogen-bond acceptors (Lipinski definition) is 3. The van der Waals surface area contributed by atoms with Crippen LogP contribution in [-0.4, -0.2) is 20.3 Å². The molecule has 1 rings (SSSR count). The second-order valence-electron chi connectivity index (χ2n) is 2.81. The Morgan fingerprint density at radius 2 is 1.93 bits per heavy atom. The van der Waals surface area contributed by atoms with Crippen molar-refractivity contribution in [2.75, 3.05) is 20.3 Å². The van der Waals surface area contributed by atoms with E-state index in [4.69, 9.17) is 14.9 Å². The van der Waals surface area contributed by atoms with E-state index in [0.717, 1.165) is 5.56 Å². The van der Waals surface area contributed by atoms with E-state index in [0.29, 0.717) is 25.5 Å².